The van der Waals surface area contributed by atoms with Gasteiger partial charge >= 0.3 is 0 Å². The minimum atomic E-state index is 0.889. The molecule has 2 nitrogen and oxygen atoms in total. The summed E-state index contributed by atoms with van der Waals surface area (Å²) in [7, 11) is 3.42. The Morgan fingerprint density at radius 2 is 1.50 bits per heavy atom. The summed E-state index contributed by atoms with van der Waals surface area (Å²) >= 11 is 0. The molecule has 0 saturated heterocycles. The van der Waals surface area contributed by atoms with Crippen LogP contribution in [0.2, 0.25) is 0 Å². The first-order valence-electron chi connectivity index (χ1n) is 6.62. The zero-order valence-corrected chi connectivity index (χ0v) is 11.4. The van der Waals surface area contributed by atoms with Crippen LogP contribution in [-0.4, -0.2) is 14.2 Å². The first-order valence-corrected chi connectivity index (χ1v) is 6.62. The van der Waals surface area contributed by atoms with E-state index in [1.807, 2.05) is 12.1 Å². The van der Waals surface area contributed by atoms with Crippen LogP contribution < -0.4 is 9.47 Å². The third-order valence-electron chi connectivity index (χ3n) is 4.03. The van der Waals surface area contributed by atoms with Crippen LogP contribution in [0.1, 0.15) is 0 Å². The molecule has 2 heteroatoms. The molecule has 20 heavy (non-hydrogen) atoms. The van der Waals surface area contributed by atoms with Gasteiger partial charge in [-0.25, -0.2) is 0 Å². The molecule has 0 unspecified atom stereocenters. The van der Waals surface area contributed by atoms with E-state index in [-0.39, 0.29) is 0 Å². The lowest BCUT2D eigenvalue weighted by Crippen LogP contribution is -1.85. The Morgan fingerprint density at radius 1 is 0.700 bits per heavy atom. The van der Waals surface area contributed by atoms with E-state index in [0.717, 1.165) is 16.9 Å². The number of hydrogen-bond donors (Lipinski definition) is 0. The Balaban J connectivity index is 2.13. The Kier molecular flexibility index (Phi) is 2.27. The molecule has 0 aromatic heterocycles. The Bertz CT molecular complexity index is 834. The molecule has 1 aliphatic rings. The smallest absolute Gasteiger partial charge is 0.126 e. The van der Waals surface area contributed by atoms with Crippen molar-refractivity contribution in [2.45, 2.75) is 0 Å². The maximum atomic E-state index is 5.48. The van der Waals surface area contributed by atoms with Gasteiger partial charge in [-0.15, -0.1) is 0 Å². The largest absolute Gasteiger partial charge is 0.497 e. The average Bonchev–Trinajstić information content (AvgIpc) is 2.83. The van der Waals surface area contributed by atoms with Crippen molar-refractivity contribution in [1.29, 1.82) is 0 Å². The van der Waals surface area contributed by atoms with Gasteiger partial charge in [0.15, 0.2) is 0 Å². The average molecular weight is 262 g/mol. The highest BCUT2D eigenvalue weighted by Gasteiger charge is 2.22. The van der Waals surface area contributed by atoms with Crippen molar-refractivity contribution >= 4 is 10.8 Å². The van der Waals surface area contributed by atoms with Crippen molar-refractivity contribution in [3.8, 4) is 33.8 Å². The zero-order chi connectivity index (χ0) is 13.7. The number of ether oxygens (including phenoxy) is 2. The second-order valence-electron chi connectivity index (χ2n) is 4.96. The van der Waals surface area contributed by atoms with Crippen LogP contribution in [0.4, 0.5) is 0 Å². The maximum absolute atomic E-state index is 5.48. The topological polar surface area (TPSA) is 18.5 Å². The molecule has 0 spiro atoms. The summed E-state index contributed by atoms with van der Waals surface area (Å²) in [5.41, 5.74) is 5.03. The molecule has 0 amide bonds. The number of hydrogen-bond acceptors (Lipinski definition) is 2. The minimum Gasteiger partial charge on any atom is -0.497 e. The maximum Gasteiger partial charge on any atom is 0.126 e. The summed E-state index contributed by atoms with van der Waals surface area (Å²) in [5.74, 6) is 1.81. The summed E-state index contributed by atoms with van der Waals surface area (Å²) < 4.78 is 10.8. The van der Waals surface area contributed by atoms with E-state index in [0.29, 0.717) is 0 Å². The lowest BCUT2D eigenvalue weighted by atomic mass is 10.0. The van der Waals surface area contributed by atoms with Crippen molar-refractivity contribution in [3.05, 3.63) is 48.5 Å². The molecule has 0 radical (unpaired) electrons. The fourth-order valence-electron chi connectivity index (χ4n) is 3.11. The second-order valence-corrected chi connectivity index (χ2v) is 4.96. The first kappa shape index (κ1) is 11.4. The molecular weight excluding hydrogens is 248 g/mol. The SMILES string of the molecule is COc1ccc2c(c1)-c1ccc(OC)c3cccc-2c13. The van der Waals surface area contributed by atoms with Gasteiger partial charge in [-0.3, -0.25) is 0 Å². The summed E-state index contributed by atoms with van der Waals surface area (Å²) in [6.07, 6.45) is 0. The Hall–Kier alpha value is -2.48. The van der Waals surface area contributed by atoms with Gasteiger partial charge in [0.25, 0.3) is 0 Å². The van der Waals surface area contributed by atoms with Crippen LogP contribution >= 0.6 is 0 Å². The van der Waals surface area contributed by atoms with E-state index in [2.05, 4.69) is 36.4 Å². The first-order chi connectivity index (χ1) is 9.83. The molecule has 0 N–H and O–H groups in total. The highest BCUT2D eigenvalue weighted by atomic mass is 16.5. The summed E-state index contributed by atoms with van der Waals surface area (Å²) in [4.78, 5) is 0. The van der Waals surface area contributed by atoms with Crippen LogP contribution in [0.3, 0.4) is 0 Å². The van der Waals surface area contributed by atoms with Crippen LogP contribution in [0.25, 0.3) is 33.0 Å². The van der Waals surface area contributed by atoms with Crippen molar-refractivity contribution in [2.75, 3.05) is 14.2 Å². The highest BCUT2D eigenvalue weighted by molar-refractivity contribution is 6.16. The molecule has 0 saturated carbocycles. The fraction of sp³-hybridized carbons (Fsp3) is 0.111. The predicted octanol–water partition coefficient (Wildman–Crippen LogP) is 4.50. The standard InChI is InChI=1S/C18H14O2/c1-19-11-6-7-12-13-4-3-5-15-17(20-2)9-8-14(18(13)15)16(12)10-11/h3-10H,1-2H3. The molecule has 3 aromatic carbocycles. The molecule has 0 aliphatic heterocycles. The summed E-state index contributed by atoms with van der Waals surface area (Å²) in [6.45, 7) is 0. The minimum absolute atomic E-state index is 0.889. The van der Waals surface area contributed by atoms with E-state index >= 15 is 0 Å². The Morgan fingerprint density at radius 3 is 2.30 bits per heavy atom. The second kappa shape index (κ2) is 4.01. The van der Waals surface area contributed by atoms with Crippen LogP contribution in [0.15, 0.2) is 48.5 Å². The molecule has 1 aliphatic carbocycles. The van der Waals surface area contributed by atoms with Gasteiger partial charge in [-0.1, -0.05) is 30.3 Å². The number of fused-ring (bicyclic) bond motifs is 3. The zero-order valence-electron chi connectivity index (χ0n) is 11.4. The number of benzene rings is 3. The van der Waals surface area contributed by atoms with E-state index in [9.17, 15) is 0 Å². The quantitative estimate of drug-likeness (QED) is 0.529. The van der Waals surface area contributed by atoms with E-state index in [1.54, 1.807) is 14.2 Å². The van der Waals surface area contributed by atoms with Gasteiger partial charge in [0.2, 0.25) is 0 Å². The van der Waals surface area contributed by atoms with Crippen molar-refractivity contribution < 1.29 is 9.47 Å². The lowest BCUT2D eigenvalue weighted by molar-refractivity contribution is 0.415. The monoisotopic (exact) mass is 262 g/mol. The molecule has 3 aromatic rings. The molecule has 98 valence electrons. The molecule has 0 atom stereocenters. The van der Waals surface area contributed by atoms with E-state index in [4.69, 9.17) is 9.47 Å². The predicted molar refractivity (Wildman–Crippen MR) is 81.5 cm³/mol. The number of rotatable bonds is 2. The van der Waals surface area contributed by atoms with Gasteiger partial charge in [0.05, 0.1) is 14.2 Å². The van der Waals surface area contributed by atoms with Crippen LogP contribution in [-0.2, 0) is 0 Å². The summed E-state index contributed by atoms with van der Waals surface area (Å²) in [5, 5.41) is 2.44. The third-order valence-corrected chi connectivity index (χ3v) is 4.03. The molecule has 0 bridgehead atoms. The number of methoxy groups -OCH3 is 2. The normalized spacial score (nSPS) is 11.5. The molecular formula is C18H14O2. The van der Waals surface area contributed by atoms with Crippen molar-refractivity contribution in [3.63, 3.8) is 0 Å². The van der Waals surface area contributed by atoms with Gasteiger partial charge in [0, 0.05) is 10.8 Å². The van der Waals surface area contributed by atoms with Crippen LogP contribution in [0.5, 0.6) is 11.5 Å². The fourth-order valence-corrected chi connectivity index (χ4v) is 3.11. The van der Waals surface area contributed by atoms with E-state index < -0.39 is 0 Å². The van der Waals surface area contributed by atoms with Gasteiger partial charge in [-0.05, 0) is 40.5 Å². The van der Waals surface area contributed by atoms with Crippen molar-refractivity contribution in [1.82, 2.24) is 0 Å². The van der Waals surface area contributed by atoms with Gasteiger partial charge < -0.3 is 9.47 Å². The third kappa shape index (κ3) is 1.33. The van der Waals surface area contributed by atoms with Crippen LogP contribution in [0, 0.1) is 0 Å². The lowest BCUT2D eigenvalue weighted by Gasteiger charge is -2.07. The molecule has 4 rings (SSSR count). The molecule has 0 heterocycles. The van der Waals surface area contributed by atoms with Crippen molar-refractivity contribution in [2.24, 2.45) is 0 Å². The van der Waals surface area contributed by atoms with Gasteiger partial charge in [0.1, 0.15) is 11.5 Å². The van der Waals surface area contributed by atoms with Gasteiger partial charge in [-0.2, -0.15) is 0 Å². The van der Waals surface area contributed by atoms with E-state index in [1.165, 1.54) is 27.6 Å². The molecule has 0 fully saturated rings. The summed E-state index contributed by atoms with van der Waals surface area (Å²) in [6, 6.07) is 16.8. The highest BCUT2D eigenvalue weighted by Crippen LogP contribution is 2.49. The Labute approximate surface area is 117 Å².